The van der Waals surface area contributed by atoms with E-state index in [0.29, 0.717) is 23.9 Å². The minimum Gasteiger partial charge on any atom is -0.339 e. The molecule has 0 aliphatic carbocycles. The third kappa shape index (κ3) is 2.17. The molecule has 22 heavy (non-hydrogen) atoms. The van der Waals surface area contributed by atoms with Crippen molar-refractivity contribution in [2.24, 2.45) is 0 Å². The monoisotopic (exact) mass is 297 g/mol. The molecule has 4 heteroatoms. The SMILES string of the molecule is Cc1ccc([C@H]2C[C@H]3CCC(C2c2nc(C)no2)N3C)cc1. The predicted molar refractivity (Wildman–Crippen MR) is 84.9 cm³/mol. The maximum atomic E-state index is 5.59. The van der Waals surface area contributed by atoms with Crippen LogP contribution >= 0.6 is 0 Å². The van der Waals surface area contributed by atoms with Gasteiger partial charge in [-0.15, -0.1) is 0 Å². The predicted octanol–water partition coefficient (Wildman–Crippen LogP) is 3.42. The summed E-state index contributed by atoms with van der Waals surface area (Å²) < 4.78 is 5.59. The lowest BCUT2D eigenvalue weighted by molar-refractivity contribution is 0.120. The maximum Gasteiger partial charge on any atom is 0.231 e. The van der Waals surface area contributed by atoms with Crippen LogP contribution in [0.15, 0.2) is 28.8 Å². The first-order valence-electron chi connectivity index (χ1n) is 8.22. The van der Waals surface area contributed by atoms with Crippen molar-refractivity contribution >= 4 is 0 Å². The highest BCUT2D eigenvalue weighted by atomic mass is 16.5. The van der Waals surface area contributed by atoms with Gasteiger partial charge < -0.3 is 4.52 Å². The Kier molecular flexibility index (Phi) is 3.30. The van der Waals surface area contributed by atoms with Gasteiger partial charge in [-0.3, -0.25) is 4.90 Å². The lowest BCUT2D eigenvalue weighted by atomic mass is 9.76. The van der Waals surface area contributed by atoms with E-state index in [-0.39, 0.29) is 0 Å². The Morgan fingerprint density at radius 1 is 1.14 bits per heavy atom. The molecule has 0 saturated carbocycles. The van der Waals surface area contributed by atoms with E-state index in [9.17, 15) is 0 Å². The van der Waals surface area contributed by atoms with Gasteiger partial charge in [0.25, 0.3) is 0 Å². The second-order valence-electron chi connectivity index (χ2n) is 6.92. The summed E-state index contributed by atoms with van der Waals surface area (Å²) in [7, 11) is 2.25. The first-order chi connectivity index (χ1) is 10.6. The Bertz CT molecular complexity index is 663. The molecule has 2 bridgehead atoms. The number of aryl methyl sites for hydroxylation is 2. The van der Waals surface area contributed by atoms with E-state index in [1.807, 2.05) is 6.92 Å². The van der Waals surface area contributed by atoms with Crippen LogP contribution in [0.3, 0.4) is 0 Å². The summed E-state index contributed by atoms with van der Waals surface area (Å²) in [4.78, 5) is 7.11. The summed E-state index contributed by atoms with van der Waals surface area (Å²) in [5, 5.41) is 4.04. The molecule has 0 spiro atoms. The molecule has 1 aromatic heterocycles. The molecule has 2 saturated heterocycles. The van der Waals surface area contributed by atoms with Crippen molar-refractivity contribution in [3.63, 3.8) is 0 Å². The van der Waals surface area contributed by atoms with Crippen LogP contribution in [-0.4, -0.2) is 34.2 Å². The summed E-state index contributed by atoms with van der Waals surface area (Å²) in [5.41, 5.74) is 2.72. The molecule has 2 aliphatic heterocycles. The molecule has 4 nitrogen and oxygen atoms in total. The average Bonchev–Trinajstić information content (AvgIpc) is 3.02. The van der Waals surface area contributed by atoms with Gasteiger partial charge >= 0.3 is 0 Å². The van der Waals surface area contributed by atoms with Gasteiger partial charge in [-0.05, 0) is 51.6 Å². The van der Waals surface area contributed by atoms with Crippen LogP contribution in [0.2, 0.25) is 0 Å². The topological polar surface area (TPSA) is 42.2 Å². The fraction of sp³-hybridized carbons (Fsp3) is 0.556. The van der Waals surface area contributed by atoms with Crippen LogP contribution in [0.1, 0.15) is 53.9 Å². The normalized spacial score (nSPS) is 31.6. The molecule has 116 valence electrons. The van der Waals surface area contributed by atoms with Crippen molar-refractivity contribution in [3.05, 3.63) is 47.1 Å². The molecule has 0 radical (unpaired) electrons. The molecule has 4 atom stereocenters. The van der Waals surface area contributed by atoms with Crippen LogP contribution in [0, 0.1) is 13.8 Å². The highest BCUT2D eigenvalue weighted by molar-refractivity contribution is 5.30. The molecule has 3 heterocycles. The lowest BCUT2D eigenvalue weighted by Crippen LogP contribution is -2.44. The van der Waals surface area contributed by atoms with Gasteiger partial charge in [0.1, 0.15) is 0 Å². The molecule has 0 N–H and O–H groups in total. The van der Waals surface area contributed by atoms with Gasteiger partial charge in [-0.1, -0.05) is 35.0 Å². The van der Waals surface area contributed by atoms with Gasteiger partial charge in [-0.25, -0.2) is 0 Å². The van der Waals surface area contributed by atoms with E-state index < -0.39 is 0 Å². The number of nitrogens with zero attached hydrogens (tertiary/aromatic N) is 3. The first-order valence-corrected chi connectivity index (χ1v) is 8.22. The van der Waals surface area contributed by atoms with E-state index >= 15 is 0 Å². The highest BCUT2D eigenvalue weighted by Gasteiger charge is 2.48. The first kappa shape index (κ1) is 13.9. The molecule has 1 aromatic carbocycles. The minimum atomic E-state index is 0.313. The van der Waals surface area contributed by atoms with Crippen LogP contribution in [0.5, 0.6) is 0 Å². The van der Waals surface area contributed by atoms with E-state index in [4.69, 9.17) is 4.52 Å². The molecule has 2 aliphatic rings. The van der Waals surface area contributed by atoms with E-state index in [2.05, 4.69) is 53.3 Å². The lowest BCUT2D eigenvalue weighted by Gasteiger charge is -2.41. The zero-order valence-corrected chi connectivity index (χ0v) is 13.5. The summed E-state index contributed by atoms with van der Waals surface area (Å²) in [6, 6.07) is 10.2. The number of piperidine rings is 1. The largest absolute Gasteiger partial charge is 0.339 e. The molecule has 4 rings (SSSR count). The minimum absolute atomic E-state index is 0.313. The summed E-state index contributed by atoms with van der Waals surface area (Å²) in [6.07, 6.45) is 3.70. The summed E-state index contributed by atoms with van der Waals surface area (Å²) in [5.74, 6) is 2.35. The molecule has 2 aromatic rings. The third-order valence-electron chi connectivity index (χ3n) is 5.60. The molecular weight excluding hydrogens is 274 g/mol. The number of likely N-dealkylation sites (N-methyl/N-ethyl adjacent to an activating group) is 1. The van der Waals surface area contributed by atoms with Gasteiger partial charge in [-0.2, -0.15) is 4.98 Å². The van der Waals surface area contributed by atoms with Crippen LogP contribution in [0.4, 0.5) is 0 Å². The maximum absolute atomic E-state index is 5.59. The van der Waals surface area contributed by atoms with Crippen molar-refractivity contribution in [2.75, 3.05) is 7.05 Å². The number of fused-ring (bicyclic) bond motifs is 2. The smallest absolute Gasteiger partial charge is 0.231 e. The van der Waals surface area contributed by atoms with E-state index in [0.717, 1.165) is 11.7 Å². The van der Waals surface area contributed by atoms with Crippen molar-refractivity contribution in [1.29, 1.82) is 0 Å². The Balaban J connectivity index is 1.76. The number of rotatable bonds is 2. The molecular formula is C18H23N3O. The number of aromatic nitrogens is 2. The second-order valence-corrected chi connectivity index (χ2v) is 6.92. The molecule has 0 amide bonds. The van der Waals surface area contributed by atoms with Crippen molar-refractivity contribution in [1.82, 2.24) is 15.0 Å². The van der Waals surface area contributed by atoms with Crippen molar-refractivity contribution in [3.8, 4) is 0 Å². The van der Waals surface area contributed by atoms with Crippen LogP contribution < -0.4 is 0 Å². The summed E-state index contributed by atoms with van der Waals surface area (Å²) >= 11 is 0. The Labute approximate surface area is 131 Å². The Hall–Kier alpha value is -1.68. The molecule has 2 fully saturated rings. The van der Waals surface area contributed by atoms with Gasteiger partial charge in [0, 0.05) is 12.1 Å². The number of hydrogen-bond donors (Lipinski definition) is 0. The number of hydrogen-bond acceptors (Lipinski definition) is 4. The fourth-order valence-corrected chi connectivity index (χ4v) is 4.41. The van der Waals surface area contributed by atoms with Gasteiger partial charge in [0.2, 0.25) is 5.89 Å². The molecule has 2 unspecified atom stereocenters. The summed E-state index contributed by atoms with van der Waals surface area (Å²) in [6.45, 7) is 4.04. The van der Waals surface area contributed by atoms with Crippen molar-refractivity contribution < 1.29 is 4.52 Å². The zero-order chi connectivity index (χ0) is 15.3. The van der Waals surface area contributed by atoms with Crippen molar-refractivity contribution in [2.45, 2.75) is 57.0 Å². The van der Waals surface area contributed by atoms with Crippen LogP contribution in [-0.2, 0) is 0 Å². The third-order valence-corrected chi connectivity index (χ3v) is 5.60. The Morgan fingerprint density at radius 2 is 1.91 bits per heavy atom. The Morgan fingerprint density at radius 3 is 2.59 bits per heavy atom. The highest BCUT2D eigenvalue weighted by Crippen LogP contribution is 2.50. The average molecular weight is 297 g/mol. The fourth-order valence-electron chi connectivity index (χ4n) is 4.41. The number of benzene rings is 1. The van der Waals surface area contributed by atoms with Gasteiger partial charge in [0.15, 0.2) is 5.82 Å². The standard InChI is InChI=1S/C18H23N3O/c1-11-4-6-13(7-5-11)15-10-14-8-9-16(21(14)3)17(15)18-19-12(2)20-22-18/h4-7,14-17H,8-10H2,1-3H3/t14-,15-,16?,17?/m1/s1. The van der Waals surface area contributed by atoms with Gasteiger partial charge in [0.05, 0.1) is 5.92 Å². The second kappa shape index (κ2) is 5.20. The van der Waals surface area contributed by atoms with E-state index in [1.54, 1.807) is 0 Å². The quantitative estimate of drug-likeness (QED) is 0.852. The van der Waals surface area contributed by atoms with Crippen LogP contribution in [0.25, 0.3) is 0 Å². The zero-order valence-electron chi connectivity index (χ0n) is 13.5. The van der Waals surface area contributed by atoms with E-state index in [1.165, 1.54) is 30.4 Å².